The second-order valence-corrected chi connectivity index (χ2v) is 7.24. The number of hydrogen-bond acceptors (Lipinski definition) is 2. The monoisotopic (exact) mass is 377 g/mol. The van der Waals surface area contributed by atoms with Crippen molar-refractivity contribution in [2.45, 2.75) is 44.4 Å². The van der Waals surface area contributed by atoms with Crippen LogP contribution in [0, 0.1) is 11.7 Å². The fraction of sp³-hybridized carbons (Fsp3) is 0.455. The highest BCUT2D eigenvalue weighted by atomic mass is 35.5. The summed E-state index contributed by atoms with van der Waals surface area (Å²) in [6.07, 6.45) is 5.01. The highest BCUT2D eigenvalue weighted by Gasteiger charge is 2.34. The first-order valence-corrected chi connectivity index (χ1v) is 9.22. The van der Waals surface area contributed by atoms with Gasteiger partial charge in [0.05, 0.1) is 12.7 Å². The Labute approximate surface area is 162 Å². The van der Waals surface area contributed by atoms with Gasteiger partial charge in [0, 0.05) is 12.0 Å². The van der Waals surface area contributed by atoms with E-state index < -0.39 is 0 Å². The molecule has 0 N–H and O–H groups in total. The van der Waals surface area contributed by atoms with E-state index in [0.717, 1.165) is 12.0 Å². The van der Waals surface area contributed by atoms with Gasteiger partial charge in [-0.3, -0.25) is 0 Å². The predicted octanol–water partition coefficient (Wildman–Crippen LogP) is 5.63. The Balaban J connectivity index is 0.00000243. The third kappa shape index (κ3) is 5.29. The summed E-state index contributed by atoms with van der Waals surface area (Å²) >= 11 is 0. The Bertz CT molecular complexity index is 647. The van der Waals surface area contributed by atoms with Crippen molar-refractivity contribution in [1.82, 2.24) is 4.90 Å². The summed E-state index contributed by atoms with van der Waals surface area (Å²) in [4.78, 5) is 2.32. The smallest absolute Gasteiger partial charge is 0.123 e. The van der Waals surface area contributed by atoms with Crippen molar-refractivity contribution in [3.05, 3.63) is 71.5 Å². The SMILES string of the molecule is CN(C)C(c1ccccc1)C1CCCCC1OCc1ccc(F)cc1.Cl. The van der Waals surface area contributed by atoms with Crippen LogP contribution in [-0.4, -0.2) is 25.1 Å². The van der Waals surface area contributed by atoms with Crippen molar-refractivity contribution in [3.8, 4) is 0 Å². The molecule has 2 nitrogen and oxygen atoms in total. The molecule has 1 saturated carbocycles. The molecule has 1 aliphatic rings. The molecule has 1 fully saturated rings. The Kier molecular flexibility index (Phi) is 8.08. The minimum atomic E-state index is -0.198. The summed E-state index contributed by atoms with van der Waals surface area (Å²) in [6.45, 7) is 0.552. The van der Waals surface area contributed by atoms with Crippen LogP contribution in [0.2, 0.25) is 0 Å². The van der Waals surface area contributed by atoms with Gasteiger partial charge in [0.2, 0.25) is 0 Å². The third-order valence-electron chi connectivity index (χ3n) is 5.23. The Morgan fingerprint density at radius 2 is 1.65 bits per heavy atom. The van der Waals surface area contributed by atoms with Gasteiger partial charge in [-0.25, -0.2) is 4.39 Å². The van der Waals surface area contributed by atoms with Gasteiger partial charge in [-0.05, 0) is 50.2 Å². The summed E-state index contributed by atoms with van der Waals surface area (Å²) in [5, 5.41) is 0. The van der Waals surface area contributed by atoms with Gasteiger partial charge >= 0.3 is 0 Å². The minimum absolute atomic E-state index is 0. The maximum atomic E-state index is 13.1. The lowest BCUT2D eigenvalue weighted by molar-refractivity contribution is -0.0464. The van der Waals surface area contributed by atoms with Crippen LogP contribution in [0.1, 0.15) is 42.9 Å². The topological polar surface area (TPSA) is 12.5 Å². The minimum Gasteiger partial charge on any atom is -0.373 e. The zero-order valence-electron chi connectivity index (χ0n) is 15.6. The highest BCUT2D eigenvalue weighted by Crippen LogP contribution is 2.39. The molecule has 2 aromatic carbocycles. The first-order chi connectivity index (χ1) is 12.1. The summed E-state index contributed by atoms with van der Waals surface area (Å²) in [6, 6.07) is 17.7. The molecule has 0 bridgehead atoms. The molecule has 2 aromatic rings. The van der Waals surface area contributed by atoms with Crippen LogP contribution in [0.5, 0.6) is 0 Å². The molecular weight excluding hydrogens is 349 g/mol. The van der Waals surface area contributed by atoms with Crippen LogP contribution in [0.15, 0.2) is 54.6 Å². The quantitative estimate of drug-likeness (QED) is 0.647. The second-order valence-electron chi connectivity index (χ2n) is 7.24. The van der Waals surface area contributed by atoms with Gasteiger partial charge in [0.25, 0.3) is 0 Å². The van der Waals surface area contributed by atoms with E-state index >= 15 is 0 Å². The Hall–Kier alpha value is -1.42. The number of rotatable bonds is 6. The van der Waals surface area contributed by atoms with E-state index in [2.05, 4.69) is 49.3 Å². The fourth-order valence-corrected chi connectivity index (χ4v) is 4.06. The summed E-state index contributed by atoms with van der Waals surface area (Å²) in [5.74, 6) is 0.280. The van der Waals surface area contributed by atoms with Crippen LogP contribution in [0.25, 0.3) is 0 Å². The van der Waals surface area contributed by atoms with Gasteiger partial charge in [-0.2, -0.15) is 0 Å². The normalized spacial score (nSPS) is 21.2. The van der Waals surface area contributed by atoms with Crippen LogP contribution >= 0.6 is 12.4 Å². The Morgan fingerprint density at radius 1 is 1.00 bits per heavy atom. The second kappa shape index (κ2) is 10.1. The largest absolute Gasteiger partial charge is 0.373 e. The highest BCUT2D eigenvalue weighted by molar-refractivity contribution is 5.85. The van der Waals surface area contributed by atoms with Gasteiger partial charge in [0.15, 0.2) is 0 Å². The van der Waals surface area contributed by atoms with Crippen LogP contribution < -0.4 is 0 Å². The maximum Gasteiger partial charge on any atom is 0.123 e. The number of nitrogens with zero attached hydrogens (tertiary/aromatic N) is 1. The number of halogens is 2. The summed E-state index contributed by atoms with van der Waals surface area (Å²) < 4.78 is 19.4. The zero-order chi connectivity index (χ0) is 17.6. The molecule has 142 valence electrons. The number of benzene rings is 2. The molecule has 4 heteroatoms. The van der Waals surface area contributed by atoms with Crippen molar-refractivity contribution >= 4 is 12.4 Å². The molecule has 3 unspecified atom stereocenters. The van der Waals surface area contributed by atoms with Gasteiger partial charge in [-0.15, -0.1) is 12.4 Å². The molecule has 0 spiro atoms. The van der Waals surface area contributed by atoms with E-state index in [1.165, 1.54) is 37.0 Å². The molecule has 26 heavy (non-hydrogen) atoms. The summed E-state index contributed by atoms with van der Waals surface area (Å²) in [5.41, 5.74) is 2.39. The van der Waals surface area contributed by atoms with E-state index in [0.29, 0.717) is 18.6 Å². The lowest BCUT2D eigenvalue weighted by Gasteiger charge is -2.40. The predicted molar refractivity (Wildman–Crippen MR) is 107 cm³/mol. The molecule has 0 radical (unpaired) electrons. The lowest BCUT2D eigenvalue weighted by Crippen LogP contribution is -2.38. The van der Waals surface area contributed by atoms with Crippen molar-refractivity contribution in [2.75, 3.05) is 14.1 Å². The fourth-order valence-electron chi connectivity index (χ4n) is 4.06. The van der Waals surface area contributed by atoms with E-state index in [1.54, 1.807) is 0 Å². The molecular formula is C22H29ClFNO. The van der Waals surface area contributed by atoms with Crippen molar-refractivity contribution < 1.29 is 9.13 Å². The first kappa shape index (κ1) is 20.9. The molecule has 0 amide bonds. The average Bonchev–Trinajstić information content (AvgIpc) is 2.63. The van der Waals surface area contributed by atoms with Crippen LogP contribution in [0.3, 0.4) is 0 Å². The molecule has 0 aromatic heterocycles. The van der Waals surface area contributed by atoms with E-state index in [9.17, 15) is 4.39 Å². The van der Waals surface area contributed by atoms with Gasteiger partial charge in [0.1, 0.15) is 5.82 Å². The number of hydrogen-bond donors (Lipinski definition) is 0. The average molecular weight is 378 g/mol. The number of ether oxygens (including phenoxy) is 1. The van der Waals surface area contributed by atoms with Crippen LogP contribution in [0.4, 0.5) is 4.39 Å². The maximum absolute atomic E-state index is 13.1. The van der Waals surface area contributed by atoms with E-state index in [-0.39, 0.29) is 24.3 Å². The van der Waals surface area contributed by atoms with Gasteiger partial charge in [-0.1, -0.05) is 55.3 Å². The molecule has 0 heterocycles. The van der Waals surface area contributed by atoms with Crippen molar-refractivity contribution in [1.29, 1.82) is 0 Å². The van der Waals surface area contributed by atoms with E-state index in [1.807, 2.05) is 12.1 Å². The lowest BCUT2D eigenvalue weighted by atomic mass is 9.78. The molecule has 1 aliphatic carbocycles. The van der Waals surface area contributed by atoms with E-state index in [4.69, 9.17) is 4.74 Å². The zero-order valence-corrected chi connectivity index (χ0v) is 16.4. The van der Waals surface area contributed by atoms with Crippen LogP contribution in [-0.2, 0) is 11.3 Å². The van der Waals surface area contributed by atoms with Gasteiger partial charge < -0.3 is 9.64 Å². The molecule has 0 saturated heterocycles. The molecule has 3 atom stereocenters. The van der Waals surface area contributed by atoms with Crippen molar-refractivity contribution in [2.24, 2.45) is 5.92 Å². The third-order valence-corrected chi connectivity index (χ3v) is 5.23. The molecule has 3 rings (SSSR count). The Morgan fingerprint density at radius 3 is 2.31 bits per heavy atom. The first-order valence-electron chi connectivity index (χ1n) is 9.22. The standard InChI is InChI=1S/C22H28FNO.ClH/c1-24(2)22(18-8-4-3-5-9-18)20-10-6-7-11-21(20)25-16-17-12-14-19(23)15-13-17;/h3-5,8-9,12-15,20-22H,6-7,10-11,16H2,1-2H3;1H. The van der Waals surface area contributed by atoms with Crippen molar-refractivity contribution in [3.63, 3.8) is 0 Å². The summed E-state index contributed by atoms with van der Waals surface area (Å²) in [7, 11) is 4.31. The molecule has 0 aliphatic heterocycles.